The summed E-state index contributed by atoms with van der Waals surface area (Å²) in [5.74, 6) is -0.496. The minimum atomic E-state index is -0.574. The second-order valence-electron chi connectivity index (χ2n) is 4.22. The Balaban J connectivity index is 2.63. The number of rotatable bonds is 5. The predicted octanol–water partition coefficient (Wildman–Crippen LogP) is 1.68. The maximum absolute atomic E-state index is 11.9. The number of halogens is 1. The number of anilines is 1. The Morgan fingerprint density at radius 3 is 2.68 bits per heavy atom. The Labute approximate surface area is 121 Å². The van der Waals surface area contributed by atoms with Gasteiger partial charge in [-0.25, -0.2) is 0 Å². The zero-order chi connectivity index (χ0) is 14.4. The first-order valence-corrected chi connectivity index (χ1v) is 6.88. The van der Waals surface area contributed by atoms with Crippen LogP contribution in [0.2, 0.25) is 0 Å². The van der Waals surface area contributed by atoms with E-state index >= 15 is 0 Å². The van der Waals surface area contributed by atoms with Crippen molar-refractivity contribution in [2.24, 2.45) is 0 Å². The van der Waals surface area contributed by atoms with Crippen molar-refractivity contribution in [1.82, 2.24) is 10.6 Å². The molecule has 4 N–H and O–H groups in total. The van der Waals surface area contributed by atoms with Gasteiger partial charge in [0.05, 0.1) is 0 Å². The summed E-state index contributed by atoms with van der Waals surface area (Å²) < 4.78 is 0.656. The van der Waals surface area contributed by atoms with Crippen molar-refractivity contribution in [3.63, 3.8) is 0 Å². The van der Waals surface area contributed by atoms with E-state index < -0.39 is 6.04 Å². The smallest absolute Gasteiger partial charge is 0.251 e. The van der Waals surface area contributed by atoms with Gasteiger partial charge in [-0.3, -0.25) is 9.59 Å². The Morgan fingerprint density at radius 2 is 2.11 bits per heavy atom. The summed E-state index contributed by atoms with van der Waals surface area (Å²) in [6, 6.07) is 4.31. The maximum atomic E-state index is 11.9. The lowest BCUT2D eigenvalue weighted by Gasteiger charge is -2.14. The van der Waals surface area contributed by atoms with E-state index in [9.17, 15) is 9.59 Å². The third kappa shape index (κ3) is 4.55. The van der Waals surface area contributed by atoms with Crippen LogP contribution in [0.3, 0.4) is 0 Å². The van der Waals surface area contributed by atoms with E-state index in [0.717, 1.165) is 6.42 Å². The minimum absolute atomic E-state index is 0.190. The molecule has 0 aliphatic heterocycles. The highest BCUT2D eigenvalue weighted by molar-refractivity contribution is 9.10. The molecule has 5 nitrogen and oxygen atoms in total. The van der Waals surface area contributed by atoms with Crippen molar-refractivity contribution in [1.29, 1.82) is 0 Å². The van der Waals surface area contributed by atoms with E-state index in [4.69, 9.17) is 5.73 Å². The highest BCUT2D eigenvalue weighted by Gasteiger charge is 2.16. The SMILES string of the molecule is CCCNC(=O)C(C)NC(=O)c1ccc(N)c(Br)c1. The first kappa shape index (κ1) is 15.5. The van der Waals surface area contributed by atoms with Crippen molar-refractivity contribution in [3.8, 4) is 0 Å². The molecular formula is C13H18BrN3O2. The van der Waals surface area contributed by atoms with Gasteiger partial charge in [-0.05, 0) is 47.5 Å². The molecule has 0 saturated carbocycles. The molecule has 0 aliphatic carbocycles. The summed E-state index contributed by atoms with van der Waals surface area (Å²) in [6.07, 6.45) is 0.858. The van der Waals surface area contributed by atoms with Gasteiger partial charge in [0, 0.05) is 22.3 Å². The largest absolute Gasteiger partial charge is 0.398 e. The summed E-state index contributed by atoms with van der Waals surface area (Å²) in [5, 5.41) is 5.37. The van der Waals surface area contributed by atoms with E-state index in [1.807, 2.05) is 6.92 Å². The lowest BCUT2D eigenvalue weighted by Crippen LogP contribution is -2.45. The summed E-state index contributed by atoms with van der Waals surface area (Å²) in [4.78, 5) is 23.6. The Hall–Kier alpha value is -1.56. The molecule has 2 amide bonds. The lowest BCUT2D eigenvalue weighted by molar-refractivity contribution is -0.122. The molecule has 19 heavy (non-hydrogen) atoms. The fourth-order valence-electron chi connectivity index (χ4n) is 1.42. The van der Waals surface area contributed by atoms with Gasteiger partial charge in [-0.15, -0.1) is 0 Å². The number of nitrogens with two attached hydrogens (primary N) is 1. The van der Waals surface area contributed by atoms with Crippen LogP contribution >= 0.6 is 15.9 Å². The average molecular weight is 328 g/mol. The summed E-state index contributed by atoms with van der Waals surface area (Å²) in [5.41, 5.74) is 6.67. The average Bonchev–Trinajstić information content (AvgIpc) is 2.38. The van der Waals surface area contributed by atoms with Gasteiger partial charge in [0.15, 0.2) is 0 Å². The maximum Gasteiger partial charge on any atom is 0.251 e. The zero-order valence-corrected chi connectivity index (χ0v) is 12.6. The number of nitrogens with one attached hydrogen (secondary N) is 2. The molecule has 1 atom stereocenters. The van der Waals surface area contributed by atoms with Crippen molar-refractivity contribution >= 4 is 33.4 Å². The number of hydrogen-bond acceptors (Lipinski definition) is 3. The molecule has 0 aliphatic rings. The third-order valence-corrected chi connectivity index (χ3v) is 3.24. The minimum Gasteiger partial charge on any atom is -0.398 e. The zero-order valence-electron chi connectivity index (χ0n) is 11.0. The van der Waals surface area contributed by atoms with E-state index in [1.54, 1.807) is 25.1 Å². The molecule has 0 fully saturated rings. The number of carbonyl (C=O) groups excluding carboxylic acids is 2. The van der Waals surface area contributed by atoms with Crippen LogP contribution in [-0.2, 0) is 4.79 Å². The molecule has 1 aromatic carbocycles. The second kappa shape index (κ2) is 7.13. The summed E-state index contributed by atoms with van der Waals surface area (Å²) >= 11 is 3.26. The quantitative estimate of drug-likeness (QED) is 0.719. The fraction of sp³-hybridized carbons (Fsp3) is 0.385. The second-order valence-corrected chi connectivity index (χ2v) is 5.08. The van der Waals surface area contributed by atoms with Crippen LogP contribution in [-0.4, -0.2) is 24.4 Å². The van der Waals surface area contributed by atoms with Crippen molar-refractivity contribution in [2.45, 2.75) is 26.3 Å². The molecule has 0 saturated heterocycles. The van der Waals surface area contributed by atoms with E-state index in [1.165, 1.54) is 0 Å². The van der Waals surface area contributed by atoms with Crippen LogP contribution in [0.1, 0.15) is 30.6 Å². The topological polar surface area (TPSA) is 84.2 Å². The molecule has 1 aromatic rings. The van der Waals surface area contributed by atoms with E-state index in [-0.39, 0.29) is 11.8 Å². The van der Waals surface area contributed by atoms with Crippen LogP contribution in [0, 0.1) is 0 Å². The fourth-order valence-corrected chi connectivity index (χ4v) is 1.79. The Kier molecular flexibility index (Phi) is 5.82. The van der Waals surface area contributed by atoms with Gasteiger partial charge < -0.3 is 16.4 Å². The van der Waals surface area contributed by atoms with Gasteiger partial charge in [-0.2, -0.15) is 0 Å². The van der Waals surface area contributed by atoms with Crippen LogP contribution in [0.25, 0.3) is 0 Å². The van der Waals surface area contributed by atoms with E-state index in [2.05, 4.69) is 26.6 Å². The molecule has 1 rings (SSSR count). The molecule has 1 unspecified atom stereocenters. The predicted molar refractivity (Wildman–Crippen MR) is 78.8 cm³/mol. The summed E-state index contributed by atoms with van der Waals surface area (Å²) in [7, 11) is 0. The molecule has 0 spiro atoms. The molecule has 104 valence electrons. The number of nitrogen functional groups attached to an aromatic ring is 1. The Bertz CT molecular complexity index is 477. The van der Waals surface area contributed by atoms with Gasteiger partial charge in [0.25, 0.3) is 5.91 Å². The Morgan fingerprint density at radius 1 is 1.42 bits per heavy atom. The summed E-state index contributed by atoms with van der Waals surface area (Å²) in [6.45, 7) is 4.22. The number of carbonyl (C=O) groups is 2. The highest BCUT2D eigenvalue weighted by atomic mass is 79.9. The van der Waals surface area contributed by atoms with Crippen molar-refractivity contribution in [3.05, 3.63) is 28.2 Å². The molecule has 0 radical (unpaired) electrons. The molecule has 0 bridgehead atoms. The van der Waals surface area contributed by atoms with E-state index in [0.29, 0.717) is 22.3 Å². The van der Waals surface area contributed by atoms with Crippen molar-refractivity contribution in [2.75, 3.05) is 12.3 Å². The number of hydrogen-bond donors (Lipinski definition) is 3. The van der Waals surface area contributed by atoms with Gasteiger partial charge in [0.2, 0.25) is 5.91 Å². The first-order valence-electron chi connectivity index (χ1n) is 6.09. The lowest BCUT2D eigenvalue weighted by atomic mass is 10.2. The van der Waals surface area contributed by atoms with Crippen LogP contribution in [0.4, 0.5) is 5.69 Å². The van der Waals surface area contributed by atoms with Gasteiger partial charge >= 0.3 is 0 Å². The number of benzene rings is 1. The standard InChI is InChI=1S/C13H18BrN3O2/c1-3-6-16-12(18)8(2)17-13(19)9-4-5-11(15)10(14)7-9/h4-5,7-8H,3,6,15H2,1-2H3,(H,16,18)(H,17,19). The number of amides is 2. The van der Waals surface area contributed by atoms with Crippen molar-refractivity contribution < 1.29 is 9.59 Å². The van der Waals surface area contributed by atoms with Crippen LogP contribution < -0.4 is 16.4 Å². The molecule has 0 aromatic heterocycles. The molecule has 6 heteroatoms. The van der Waals surface area contributed by atoms with Gasteiger partial charge in [-0.1, -0.05) is 6.92 Å². The monoisotopic (exact) mass is 327 g/mol. The normalized spacial score (nSPS) is 11.7. The first-order chi connectivity index (χ1) is 8.95. The molecular weight excluding hydrogens is 310 g/mol. The van der Waals surface area contributed by atoms with Crippen LogP contribution in [0.5, 0.6) is 0 Å². The molecule has 0 heterocycles. The van der Waals surface area contributed by atoms with Crippen LogP contribution in [0.15, 0.2) is 22.7 Å². The third-order valence-electron chi connectivity index (χ3n) is 2.55. The van der Waals surface area contributed by atoms with Gasteiger partial charge in [0.1, 0.15) is 6.04 Å². The highest BCUT2D eigenvalue weighted by Crippen LogP contribution is 2.20.